The Bertz CT molecular complexity index is 535. The number of hydrogen-bond acceptors (Lipinski definition) is 6. The second kappa shape index (κ2) is 8.57. The van der Waals surface area contributed by atoms with Crippen LogP contribution in [-0.4, -0.2) is 32.5 Å². The average molecular weight is 333 g/mol. The Hall–Kier alpha value is -1.02. The lowest BCUT2D eigenvalue weighted by Crippen LogP contribution is -2.26. The molecule has 0 aliphatic heterocycles. The third-order valence-corrected chi connectivity index (χ3v) is 3.75. The van der Waals surface area contributed by atoms with Crippen LogP contribution in [0.5, 0.6) is 5.75 Å². The van der Waals surface area contributed by atoms with Crippen LogP contribution in [0.25, 0.3) is 0 Å². The monoisotopic (exact) mass is 333 g/mol. The fourth-order valence-electron chi connectivity index (χ4n) is 1.96. The lowest BCUT2D eigenvalue weighted by atomic mass is 10.1. The van der Waals surface area contributed by atoms with E-state index in [9.17, 15) is 9.67 Å². The van der Waals surface area contributed by atoms with Gasteiger partial charge in [0.1, 0.15) is 5.75 Å². The number of nitrogens with zero attached hydrogens (tertiary/aromatic N) is 1. The van der Waals surface area contributed by atoms with Crippen LogP contribution in [0.1, 0.15) is 36.6 Å². The molecule has 0 bridgehead atoms. The molecule has 6 N–H and O–H groups in total. The molecule has 126 valence electrons. The molecule has 9 heteroatoms. The van der Waals surface area contributed by atoms with Gasteiger partial charge >= 0.3 is 7.82 Å². The number of rotatable bonds is 9. The van der Waals surface area contributed by atoms with Gasteiger partial charge in [-0.1, -0.05) is 0 Å². The van der Waals surface area contributed by atoms with E-state index in [0.717, 1.165) is 12.8 Å². The van der Waals surface area contributed by atoms with Crippen molar-refractivity contribution in [2.24, 2.45) is 5.73 Å². The topological polar surface area (TPSA) is 138 Å². The summed E-state index contributed by atoms with van der Waals surface area (Å²) in [5, 5.41) is 13.4. The lowest BCUT2D eigenvalue weighted by molar-refractivity contribution is 0.188. The van der Waals surface area contributed by atoms with E-state index in [0.29, 0.717) is 29.9 Å². The zero-order valence-corrected chi connectivity index (χ0v) is 13.7. The molecule has 22 heavy (non-hydrogen) atoms. The van der Waals surface area contributed by atoms with E-state index in [1.807, 2.05) is 6.92 Å². The van der Waals surface area contributed by atoms with Gasteiger partial charge in [-0.2, -0.15) is 0 Å². The molecule has 1 aromatic rings. The van der Waals surface area contributed by atoms with Crippen LogP contribution in [-0.2, 0) is 22.2 Å². The molecule has 0 amide bonds. The summed E-state index contributed by atoms with van der Waals surface area (Å²) in [7, 11) is -4.57. The predicted octanol–water partition coefficient (Wildman–Crippen LogP) is 0.922. The quantitative estimate of drug-likeness (QED) is 0.421. The van der Waals surface area contributed by atoms with Crippen molar-refractivity contribution in [1.29, 1.82) is 0 Å². The number of aromatic hydroxyl groups is 1. The fourth-order valence-corrected chi connectivity index (χ4v) is 2.27. The minimum absolute atomic E-state index is 0.00494. The van der Waals surface area contributed by atoms with Crippen LogP contribution in [0.4, 0.5) is 0 Å². The van der Waals surface area contributed by atoms with Crippen LogP contribution in [0.3, 0.4) is 0 Å². The van der Waals surface area contributed by atoms with Gasteiger partial charge < -0.3 is 25.9 Å². The van der Waals surface area contributed by atoms with Crippen LogP contribution in [0.2, 0.25) is 0 Å². The standard InChI is InChI=1S/C13H24N3O5P/c1-9(4-3-5-14)15-7-12-11(8-21-22(18,19)20)6-16-10(2)13(12)17/h6,9,15,17H,3-5,7-8,14H2,1-2H3,(H2,18,19,20). The van der Waals surface area contributed by atoms with E-state index in [-0.39, 0.29) is 18.4 Å². The normalized spacial score (nSPS) is 13.3. The molecule has 1 aromatic heterocycles. The minimum Gasteiger partial charge on any atom is -0.506 e. The number of phosphoric acid groups is 1. The molecule has 1 unspecified atom stereocenters. The molecule has 0 aromatic carbocycles. The van der Waals surface area contributed by atoms with Gasteiger partial charge in [-0.15, -0.1) is 0 Å². The Balaban J connectivity index is 2.81. The molecule has 0 radical (unpaired) electrons. The summed E-state index contributed by atoms with van der Waals surface area (Å²) >= 11 is 0. The van der Waals surface area contributed by atoms with Crippen molar-refractivity contribution < 1.29 is 24.0 Å². The fraction of sp³-hybridized carbons (Fsp3) is 0.615. The van der Waals surface area contributed by atoms with Crippen molar-refractivity contribution in [3.05, 3.63) is 23.0 Å². The molecule has 1 atom stereocenters. The summed E-state index contributed by atoms with van der Waals surface area (Å²) in [4.78, 5) is 21.6. The molecule has 0 spiro atoms. The molecular weight excluding hydrogens is 309 g/mol. The number of nitrogens with two attached hydrogens (primary N) is 1. The molecule has 1 rings (SSSR count). The maximum Gasteiger partial charge on any atom is 0.469 e. The third kappa shape index (κ3) is 6.39. The van der Waals surface area contributed by atoms with Crippen LogP contribution >= 0.6 is 7.82 Å². The van der Waals surface area contributed by atoms with Gasteiger partial charge in [0, 0.05) is 29.9 Å². The highest BCUT2D eigenvalue weighted by Crippen LogP contribution is 2.38. The van der Waals surface area contributed by atoms with Gasteiger partial charge in [0.05, 0.1) is 12.3 Å². The summed E-state index contributed by atoms with van der Waals surface area (Å²) in [6.07, 6.45) is 3.24. The first-order valence-electron chi connectivity index (χ1n) is 7.04. The first-order chi connectivity index (χ1) is 10.2. The van der Waals surface area contributed by atoms with E-state index in [2.05, 4.69) is 14.8 Å². The van der Waals surface area contributed by atoms with E-state index < -0.39 is 7.82 Å². The Labute approximate surface area is 130 Å². The summed E-state index contributed by atoms with van der Waals surface area (Å²) in [6.45, 7) is 4.31. The molecule has 0 saturated heterocycles. The molecule has 0 fully saturated rings. The van der Waals surface area contributed by atoms with Crippen LogP contribution in [0.15, 0.2) is 6.20 Å². The predicted molar refractivity (Wildman–Crippen MR) is 82.1 cm³/mol. The van der Waals surface area contributed by atoms with Crippen molar-refractivity contribution in [3.8, 4) is 5.75 Å². The number of aromatic nitrogens is 1. The highest BCUT2D eigenvalue weighted by Gasteiger charge is 2.18. The van der Waals surface area contributed by atoms with Gasteiger partial charge in [-0.25, -0.2) is 4.57 Å². The van der Waals surface area contributed by atoms with Gasteiger partial charge in [-0.05, 0) is 33.2 Å². The Morgan fingerprint density at radius 1 is 1.50 bits per heavy atom. The smallest absolute Gasteiger partial charge is 0.469 e. The second-order valence-corrected chi connectivity index (χ2v) is 6.41. The highest BCUT2D eigenvalue weighted by atomic mass is 31.2. The van der Waals surface area contributed by atoms with Gasteiger partial charge in [0.2, 0.25) is 0 Å². The minimum atomic E-state index is -4.57. The maximum absolute atomic E-state index is 10.8. The third-order valence-electron chi connectivity index (χ3n) is 3.29. The first-order valence-corrected chi connectivity index (χ1v) is 8.57. The maximum atomic E-state index is 10.8. The van der Waals surface area contributed by atoms with Crippen LogP contribution in [0, 0.1) is 6.92 Å². The van der Waals surface area contributed by atoms with Crippen molar-refractivity contribution >= 4 is 7.82 Å². The zero-order chi connectivity index (χ0) is 16.8. The van der Waals surface area contributed by atoms with Crippen molar-refractivity contribution in [3.63, 3.8) is 0 Å². The summed E-state index contributed by atoms with van der Waals surface area (Å²) < 4.78 is 15.3. The average Bonchev–Trinajstić information content (AvgIpc) is 2.44. The van der Waals surface area contributed by atoms with E-state index in [4.69, 9.17) is 15.5 Å². The van der Waals surface area contributed by atoms with Crippen molar-refractivity contribution in [2.75, 3.05) is 6.54 Å². The van der Waals surface area contributed by atoms with Crippen LogP contribution < -0.4 is 11.1 Å². The molecule has 0 aliphatic rings. The lowest BCUT2D eigenvalue weighted by Gasteiger charge is -2.17. The molecule has 8 nitrogen and oxygen atoms in total. The van der Waals surface area contributed by atoms with E-state index in [1.54, 1.807) is 6.92 Å². The van der Waals surface area contributed by atoms with E-state index >= 15 is 0 Å². The number of phosphoric ester groups is 1. The molecule has 0 saturated carbocycles. The number of nitrogens with one attached hydrogen (secondary N) is 1. The Morgan fingerprint density at radius 2 is 2.18 bits per heavy atom. The number of aryl methyl sites for hydroxylation is 1. The molecular formula is C13H24N3O5P. The largest absolute Gasteiger partial charge is 0.506 e. The van der Waals surface area contributed by atoms with Gasteiger partial charge in [0.25, 0.3) is 0 Å². The number of hydrogen-bond donors (Lipinski definition) is 5. The van der Waals surface area contributed by atoms with Gasteiger partial charge in [0.15, 0.2) is 0 Å². The summed E-state index contributed by atoms with van der Waals surface area (Å²) in [5.41, 5.74) is 6.88. The Kier molecular flexibility index (Phi) is 7.41. The highest BCUT2D eigenvalue weighted by molar-refractivity contribution is 7.46. The summed E-state index contributed by atoms with van der Waals surface area (Å²) in [5.74, 6) is 0.00494. The molecule has 1 heterocycles. The number of pyridine rings is 1. The first kappa shape index (κ1) is 19.0. The summed E-state index contributed by atoms with van der Waals surface area (Å²) in [6, 6.07) is 0.201. The zero-order valence-electron chi connectivity index (χ0n) is 12.8. The van der Waals surface area contributed by atoms with E-state index in [1.165, 1.54) is 6.20 Å². The van der Waals surface area contributed by atoms with Crippen molar-refractivity contribution in [2.45, 2.75) is 45.9 Å². The van der Waals surface area contributed by atoms with Crippen molar-refractivity contribution in [1.82, 2.24) is 10.3 Å². The Morgan fingerprint density at radius 3 is 2.77 bits per heavy atom. The molecule has 0 aliphatic carbocycles. The van der Waals surface area contributed by atoms with Gasteiger partial charge in [-0.3, -0.25) is 9.51 Å². The second-order valence-electron chi connectivity index (χ2n) is 5.17. The SMILES string of the molecule is Cc1ncc(COP(=O)(O)O)c(CNC(C)CCCN)c1O.